The van der Waals surface area contributed by atoms with Crippen LogP contribution in [0, 0.1) is 0 Å². The van der Waals surface area contributed by atoms with Gasteiger partial charge in [-0.2, -0.15) is 0 Å². The zero-order chi connectivity index (χ0) is 15.1. The molecule has 0 aliphatic carbocycles. The summed E-state index contributed by atoms with van der Waals surface area (Å²) in [6.45, 7) is -0.113. The highest BCUT2D eigenvalue weighted by Crippen LogP contribution is 2.09. The van der Waals surface area contributed by atoms with Crippen LogP contribution < -0.4 is 5.32 Å². The van der Waals surface area contributed by atoms with Crippen LogP contribution >= 0.6 is 0 Å². The minimum atomic E-state index is -0.276. The summed E-state index contributed by atoms with van der Waals surface area (Å²) in [5.74, 6) is 0.0309. The van der Waals surface area contributed by atoms with Crippen LogP contribution in [0.1, 0.15) is 28.8 Å². The van der Waals surface area contributed by atoms with E-state index in [1.165, 1.54) is 6.20 Å². The number of carbonyl (C=O) groups is 2. The van der Waals surface area contributed by atoms with E-state index in [0.717, 1.165) is 0 Å². The van der Waals surface area contributed by atoms with Gasteiger partial charge >= 0.3 is 0 Å². The molecule has 21 heavy (non-hydrogen) atoms. The van der Waals surface area contributed by atoms with Crippen molar-refractivity contribution in [1.82, 2.24) is 4.98 Å². The van der Waals surface area contributed by atoms with E-state index in [1.807, 2.05) is 6.07 Å². The predicted octanol–water partition coefficient (Wildman–Crippen LogP) is 2.18. The van der Waals surface area contributed by atoms with Crippen molar-refractivity contribution in [3.8, 4) is 0 Å². The topological polar surface area (TPSA) is 79.3 Å². The molecule has 5 nitrogen and oxygen atoms in total. The van der Waals surface area contributed by atoms with Crippen LogP contribution in [-0.4, -0.2) is 21.8 Å². The highest BCUT2D eigenvalue weighted by atomic mass is 16.3. The molecule has 0 atom stereocenters. The van der Waals surface area contributed by atoms with Gasteiger partial charge in [-0.3, -0.25) is 9.59 Å². The summed E-state index contributed by atoms with van der Waals surface area (Å²) in [6.07, 6.45) is 1.75. The Morgan fingerprint density at radius 2 is 1.86 bits per heavy atom. The second-order valence-electron chi connectivity index (χ2n) is 4.54. The first-order valence-corrected chi connectivity index (χ1v) is 6.63. The molecule has 0 bridgehead atoms. The van der Waals surface area contributed by atoms with E-state index in [0.29, 0.717) is 16.9 Å². The molecule has 0 fully saturated rings. The highest BCUT2D eigenvalue weighted by Gasteiger charge is 2.09. The van der Waals surface area contributed by atoms with Crippen molar-refractivity contribution in [2.75, 3.05) is 5.32 Å². The third-order valence-electron chi connectivity index (χ3n) is 2.95. The van der Waals surface area contributed by atoms with E-state index in [9.17, 15) is 9.59 Å². The first-order valence-electron chi connectivity index (χ1n) is 6.63. The maximum Gasteiger partial charge on any atom is 0.225 e. The van der Waals surface area contributed by atoms with E-state index < -0.39 is 0 Å². The van der Waals surface area contributed by atoms with Gasteiger partial charge in [-0.1, -0.05) is 30.3 Å². The summed E-state index contributed by atoms with van der Waals surface area (Å²) in [5.41, 5.74) is 1.27. The molecule has 1 aromatic heterocycles. The van der Waals surface area contributed by atoms with Crippen molar-refractivity contribution < 1.29 is 14.7 Å². The number of rotatable bonds is 6. The number of aliphatic hydroxyl groups excluding tert-OH is 1. The van der Waals surface area contributed by atoms with Crippen LogP contribution in [0.4, 0.5) is 5.82 Å². The van der Waals surface area contributed by atoms with Gasteiger partial charge in [0.15, 0.2) is 5.78 Å². The number of aromatic nitrogens is 1. The zero-order valence-corrected chi connectivity index (χ0v) is 11.5. The number of nitrogens with one attached hydrogen (secondary N) is 1. The number of amides is 1. The number of pyridine rings is 1. The molecule has 1 heterocycles. The normalized spacial score (nSPS) is 10.1. The summed E-state index contributed by atoms with van der Waals surface area (Å²) in [6, 6.07) is 12.1. The molecule has 0 aliphatic heterocycles. The number of hydrogen-bond donors (Lipinski definition) is 2. The van der Waals surface area contributed by atoms with E-state index in [-0.39, 0.29) is 31.1 Å². The van der Waals surface area contributed by atoms with Crippen molar-refractivity contribution in [3.05, 3.63) is 59.8 Å². The maximum absolute atomic E-state index is 11.9. The standard InChI is InChI=1S/C16H16N2O3/c19-11-12-8-9-17-15(10-12)18-16(21)7-6-14(20)13-4-2-1-3-5-13/h1-5,8-10,19H,6-7,11H2,(H,17,18,21). The number of nitrogens with zero attached hydrogens (tertiary/aromatic N) is 1. The molecule has 0 aliphatic rings. The monoisotopic (exact) mass is 284 g/mol. The summed E-state index contributed by atoms with van der Waals surface area (Å²) in [5, 5.41) is 11.6. The van der Waals surface area contributed by atoms with Crippen molar-refractivity contribution in [2.24, 2.45) is 0 Å². The molecular weight excluding hydrogens is 268 g/mol. The first-order chi connectivity index (χ1) is 10.2. The van der Waals surface area contributed by atoms with Crippen LogP contribution in [0.15, 0.2) is 48.7 Å². The highest BCUT2D eigenvalue weighted by molar-refractivity contribution is 5.99. The first kappa shape index (κ1) is 14.9. The molecule has 2 aromatic rings. The van der Waals surface area contributed by atoms with E-state index in [1.54, 1.807) is 36.4 Å². The Hall–Kier alpha value is -2.53. The Kier molecular flexibility index (Phi) is 5.17. The van der Waals surface area contributed by atoms with Crippen LogP contribution in [0.5, 0.6) is 0 Å². The predicted molar refractivity (Wildman–Crippen MR) is 78.8 cm³/mol. The number of hydrogen-bond acceptors (Lipinski definition) is 4. The van der Waals surface area contributed by atoms with Gasteiger partial charge in [-0.25, -0.2) is 4.98 Å². The molecule has 0 unspecified atom stereocenters. The smallest absolute Gasteiger partial charge is 0.225 e. The average Bonchev–Trinajstić information content (AvgIpc) is 2.53. The van der Waals surface area contributed by atoms with E-state index >= 15 is 0 Å². The second-order valence-corrected chi connectivity index (χ2v) is 4.54. The SMILES string of the molecule is O=C(CCC(=O)c1ccccc1)Nc1cc(CO)ccn1. The van der Waals surface area contributed by atoms with Gasteiger partial charge < -0.3 is 10.4 Å². The fourth-order valence-electron chi connectivity index (χ4n) is 1.84. The van der Waals surface area contributed by atoms with E-state index in [4.69, 9.17) is 5.11 Å². The zero-order valence-electron chi connectivity index (χ0n) is 11.5. The lowest BCUT2D eigenvalue weighted by molar-refractivity contribution is -0.116. The Morgan fingerprint density at radius 3 is 2.57 bits per heavy atom. The fraction of sp³-hybridized carbons (Fsp3) is 0.188. The number of anilines is 1. The summed E-state index contributed by atoms with van der Waals surface area (Å²) in [7, 11) is 0. The lowest BCUT2D eigenvalue weighted by Crippen LogP contribution is -2.14. The number of aliphatic hydroxyl groups is 1. The molecule has 108 valence electrons. The molecular formula is C16H16N2O3. The van der Waals surface area contributed by atoms with Gasteiger partial charge in [0, 0.05) is 24.6 Å². The molecule has 0 radical (unpaired) electrons. The van der Waals surface area contributed by atoms with Crippen LogP contribution in [0.3, 0.4) is 0 Å². The third-order valence-corrected chi connectivity index (χ3v) is 2.95. The van der Waals surface area contributed by atoms with Gasteiger partial charge in [-0.05, 0) is 17.7 Å². The van der Waals surface area contributed by atoms with Crippen molar-refractivity contribution in [1.29, 1.82) is 0 Å². The lowest BCUT2D eigenvalue weighted by Gasteiger charge is -2.05. The average molecular weight is 284 g/mol. The lowest BCUT2D eigenvalue weighted by atomic mass is 10.1. The van der Waals surface area contributed by atoms with Gasteiger partial charge in [0.2, 0.25) is 5.91 Å². The maximum atomic E-state index is 11.9. The fourth-order valence-corrected chi connectivity index (χ4v) is 1.84. The third kappa shape index (κ3) is 4.50. The van der Waals surface area contributed by atoms with Gasteiger partial charge in [0.25, 0.3) is 0 Å². The minimum Gasteiger partial charge on any atom is -0.392 e. The summed E-state index contributed by atoms with van der Waals surface area (Å²) < 4.78 is 0. The molecule has 2 rings (SSSR count). The largest absolute Gasteiger partial charge is 0.392 e. The van der Waals surface area contributed by atoms with Gasteiger partial charge in [-0.15, -0.1) is 0 Å². The van der Waals surface area contributed by atoms with E-state index in [2.05, 4.69) is 10.3 Å². The van der Waals surface area contributed by atoms with Crippen molar-refractivity contribution >= 4 is 17.5 Å². The molecule has 1 amide bonds. The van der Waals surface area contributed by atoms with Crippen molar-refractivity contribution in [2.45, 2.75) is 19.4 Å². The second kappa shape index (κ2) is 7.31. The Morgan fingerprint density at radius 1 is 1.10 bits per heavy atom. The van der Waals surface area contributed by atoms with Crippen LogP contribution in [0.2, 0.25) is 0 Å². The number of ketones is 1. The quantitative estimate of drug-likeness (QED) is 0.797. The van der Waals surface area contributed by atoms with Gasteiger partial charge in [0.05, 0.1) is 6.61 Å². The Labute approximate surface area is 122 Å². The Balaban J connectivity index is 1.86. The molecule has 0 spiro atoms. The molecule has 0 saturated heterocycles. The molecule has 0 saturated carbocycles. The number of benzene rings is 1. The summed E-state index contributed by atoms with van der Waals surface area (Å²) >= 11 is 0. The van der Waals surface area contributed by atoms with Crippen LogP contribution in [0.25, 0.3) is 0 Å². The number of Topliss-reactive ketones (excluding diaryl/α,β-unsaturated/α-hetero) is 1. The minimum absolute atomic E-state index is 0.0668. The molecule has 5 heteroatoms. The van der Waals surface area contributed by atoms with Gasteiger partial charge in [0.1, 0.15) is 5.82 Å². The van der Waals surface area contributed by atoms with Crippen molar-refractivity contribution in [3.63, 3.8) is 0 Å². The Bertz CT molecular complexity index is 626. The summed E-state index contributed by atoms with van der Waals surface area (Å²) in [4.78, 5) is 27.6. The van der Waals surface area contributed by atoms with Crippen LogP contribution in [-0.2, 0) is 11.4 Å². The molecule has 2 N–H and O–H groups in total. The molecule has 1 aromatic carbocycles. The number of carbonyl (C=O) groups excluding carboxylic acids is 2.